The van der Waals surface area contributed by atoms with Crippen LogP contribution >= 0.6 is 0 Å². The number of hydrogen-bond donors (Lipinski definition) is 3. The Morgan fingerprint density at radius 2 is 1.90 bits per heavy atom. The maximum absolute atomic E-state index is 12.2. The molecule has 1 saturated carbocycles. The number of carbonyl (C=O) groups excluding carboxylic acids is 1. The minimum atomic E-state index is -0.541. The molecule has 4 N–H and O–H groups in total. The summed E-state index contributed by atoms with van der Waals surface area (Å²) in [5, 5.41) is 12.3. The second-order valence-corrected chi connectivity index (χ2v) is 6.17. The fraction of sp³-hybridized carbons (Fsp3) is 0.588. The molecule has 0 spiro atoms. The third-order valence-corrected chi connectivity index (χ3v) is 4.46. The zero-order valence-corrected chi connectivity index (χ0v) is 12.7. The number of hydrogen-bond acceptors (Lipinski definition) is 3. The highest BCUT2D eigenvalue weighted by Gasteiger charge is 2.23. The number of nitrogens with two attached hydrogens (primary N) is 1. The van der Waals surface area contributed by atoms with Crippen molar-refractivity contribution in [2.45, 2.75) is 57.5 Å². The van der Waals surface area contributed by atoms with Crippen molar-refractivity contribution in [1.29, 1.82) is 0 Å². The van der Waals surface area contributed by atoms with Crippen molar-refractivity contribution in [2.75, 3.05) is 0 Å². The first-order valence-corrected chi connectivity index (χ1v) is 7.90. The monoisotopic (exact) mass is 290 g/mol. The summed E-state index contributed by atoms with van der Waals surface area (Å²) in [5.41, 5.74) is 6.95. The molecule has 4 heteroatoms. The maximum Gasteiger partial charge on any atom is 0.237 e. The molecule has 0 radical (unpaired) electrons. The van der Waals surface area contributed by atoms with E-state index in [1.54, 1.807) is 24.3 Å². The van der Waals surface area contributed by atoms with Crippen LogP contribution in [0.3, 0.4) is 0 Å². The zero-order valence-electron chi connectivity index (χ0n) is 12.7. The van der Waals surface area contributed by atoms with E-state index in [9.17, 15) is 9.90 Å². The van der Waals surface area contributed by atoms with E-state index < -0.39 is 6.04 Å². The number of nitrogens with one attached hydrogen (secondary N) is 1. The van der Waals surface area contributed by atoms with E-state index in [2.05, 4.69) is 12.2 Å². The van der Waals surface area contributed by atoms with Gasteiger partial charge in [0.1, 0.15) is 5.75 Å². The quantitative estimate of drug-likeness (QED) is 0.779. The highest BCUT2D eigenvalue weighted by Crippen LogP contribution is 2.26. The summed E-state index contributed by atoms with van der Waals surface area (Å²) in [4.78, 5) is 12.2. The van der Waals surface area contributed by atoms with E-state index in [-0.39, 0.29) is 17.7 Å². The van der Waals surface area contributed by atoms with Crippen molar-refractivity contribution < 1.29 is 9.90 Å². The van der Waals surface area contributed by atoms with Crippen LogP contribution in [0.4, 0.5) is 0 Å². The Balaban J connectivity index is 1.82. The highest BCUT2D eigenvalue weighted by atomic mass is 16.3. The molecule has 1 aromatic carbocycles. The third-order valence-electron chi connectivity index (χ3n) is 4.46. The van der Waals surface area contributed by atoms with Crippen LogP contribution in [-0.2, 0) is 11.2 Å². The zero-order chi connectivity index (χ0) is 15.2. The Morgan fingerprint density at radius 1 is 1.29 bits per heavy atom. The van der Waals surface area contributed by atoms with Crippen LogP contribution in [0.25, 0.3) is 0 Å². The molecule has 21 heavy (non-hydrogen) atoms. The number of benzene rings is 1. The van der Waals surface area contributed by atoms with Gasteiger partial charge in [-0.15, -0.1) is 0 Å². The number of carbonyl (C=O) groups is 1. The fourth-order valence-corrected chi connectivity index (χ4v) is 3.06. The Bertz CT molecular complexity index is 452. The average molecular weight is 290 g/mol. The largest absolute Gasteiger partial charge is 0.508 e. The Hall–Kier alpha value is -1.55. The molecule has 116 valence electrons. The SMILES string of the molecule is C[C@H](NC(=O)[C@H](N)Cc1ccc(O)cc1)C1CCCCC1. The minimum absolute atomic E-state index is 0.0823. The van der Waals surface area contributed by atoms with Gasteiger partial charge in [0.25, 0.3) is 0 Å². The van der Waals surface area contributed by atoms with Gasteiger partial charge < -0.3 is 16.2 Å². The molecule has 1 aliphatic rings. The molecule has 1 aliphatic carbocycles. The lowest BCUT2D eigenvalue weighted by Gasteiger charge is -2.29. The highest BCUT2D eigenvalue weighted by molar-refractivity contribution is 5.82. The summed E-state index contributed by atoms with van der Waals surface area (Å²) >= 11 is 0. The Morgan fingerprint density at radius 3 is 2.52 bits per heavy atom. The third kappa shape index (κ3) is 4.74. The minimum Gasteiger partial charge on any atom is -0.508 e. The van der Waals surface area contributed by atoms with Crippen LogP contribution in [0.5, 0.6) is 5.75 Å². The predicted molar refractivity (Wildman–Crippen MR) is 84.0 cm³/mol. The van der Waals surface area contributed by atoms with Crippen LogP contribution < -0.4 is 11.1 Å². The van der Waals surface area contributed by atoms with Gasteiger partial charge in [-0.2, -0.15) is 0 Å². The summed E-state index contributed by atoms with van der Waals surface area (Å²) < 4.78 is 0. The van der Waals surface area contributed by atoms with Gasteiger partial charge in [0, 0.05) is 6.04 Å². The van der Waals surface area contributed by atoms with Crippen molar-refractivity contribution in [3.63, 3.8) is 0 Å². The van der Waals surface area contributed by atoms with E-state index >= 15 is 0 Å². The molecule has 1 amide bonds. The van der Waals surface area contributed by atoms with Crippen molar-refractivity contribution in [3.8, 4) is 5.75 Å². The van der Waals surface area contributed by atoms with Gasteiger partial charge in [-0.05, 0) is 49.8 Å². The van der Waals surface area contributed by atoms with Crippen molar-refractivity contribution in [2.24, 2.45) is 11.7 Å². The molecule has 4 nitrogen and oxygen atoms in total. The van der Waals surface area contributed by atoms with Gasteiger partial charge in [0.15, 0.2) is 0 Å². The number of phenolic OH excluding ortho intramolecular Hbond substituents is 1. The van der Waals surface area contributed by atoms with Crippen LogP contribution in [0, 0.1) is 5.92 Å². The molecular formula is C17H26N2O2. The van der Waals surface area contributed by atoms with Gasteiger partial charge in [-0.3, -0.25) is 4.79 Å². The topological polar surface area (TPSA) is 75.4 Å². The van der Waals surface area contributed by atoms with E-state index in [1.165, 1.54) is 32.1 Å². The number of aromatic hydroxyl groups is 1. The van der Waals surface area contributed by atoms with Crippen molar-refractivity contribution >= 4 is 5.91 Å². The summed E-state index contributed by atoms with van der Waals surface area (Å²) in [5.74, 6) is 0.729. The van der Waals surface area contributed by atoms with Crippen LogP contribution in [0.2, 0.25) is 0 Å². The van der Waals surface area contributed by atoms with E-state index in [4.69, 9.17) is 5.73 Å². The lowest BCUT2D eigenvalue weighted by Crippen LogP contribution is -2.48. The summed E-state index contributed by atoms with van der Waals surface area (Å²) in [6.45, 7) is 2.08. The molecule has 1 fully saturated rings. The molecular weight excluding hydrogens is 264 g/mol. The van der Waals surface area contributed by atoms with E-state index in [0.717, 1.165) is 5.56 Å². The first-order chi connectivity index (χ1) is 10.1. The molecule has 0 aliphatic heterocycles. The number of phenols is 1. The average Bonchev–Trinajstić information content (AvgIpc) is 2.50. The number of amides is 1. The number of rotatable bonds is 5. The summed E-state index contributed by atoms with van der Waals surface area (Å²) in [6, 6.07) is 6.49. The normalized spacial score (nSPS) is 19.0. The Kier molecular flexibility index (Phi) is 5.62. The van der Waals surface area contributed by atoms with Crippen LogP contribution in [0.15, 0.2) is 24.3 Å². The molecule has 0 aromatic heterocycles. The maximum atomic E-state index is 12.2. The second kappa shape index (κ2) is 7.46. The molecule has 2 atom stereocenters. The van der Waals surface area contributed by atoms with Gasteiger partial charge in [0.2, 0.25) is 5.91 Å². The smallest absolute Gasteiger partial charge is 0.237 e. The molecule has 0 bridgehead atoms. The summed E-state index contributed by atoms with van der Waals surface area (Å²) in [7, 11) is 0. The van der Waals surface area contributed by atoms with Gasteiger partial charge in [-0.1, -0.05) is 31.4 Å². The lowest BCUT2D eigenvalue weighted by atomic mass is 9.84. The summed E-state index contributed by atoms with van der Waals surface area (Å²) in [6.07, 6.45) is 6.75. The molecule has 0 saturated heterocycles. The molecule has 2 rings (SSSR count). The van der Waals surface area contributed by atoms with Crippen LogP contribution in [0.1, 0.15) is 44.6 Å². The van der Waals surface area contributed by atoms with Gasteiger partial charge in [0.05, 0.1) is 6.04 Å². The first-order valence-electron chi connectivity index (χ1n) is 7.90. The molecule has 1 aromatic rings. The van der Waals surface area contributed by atoms with Crippen molar-refractivity contribution in [3.05, 3.63) is 29.8 Å². The predicted octanol–water partition coefficient (Wildman–Crippen LogP) is 2.35. The fourth-order valence-electron chi connectivity index (χ4n) is 3.06. The second-order valence-electron chi connectivity index (χ2n) is 6.17. The molecule has 0 heterocycles. The molecule has 0 unspecified atom stereocenters. The first kappa shape index (κ1) is 15.8. The van der Waals surface area contributed by atoms with Gasteiger partial charge >= 0.3 is 0 Å². The van der Waals surface area contributed by atoms with E-state index in [1.807, 2.05) is 0 Å². The Labute approximate surface area is 126 Å². The van der Waals surface area contributed by atoms with Crippen LogP contribution in [-0.4, -0.2) is 23.1 Å². The van der Waals surface area contributed by atoms with Crippen molar-refractivity contribution in [1.82, 2.24) is 5.32 Å². The standard InChI is InChI=1S/C17H26N2O2/c1-12(14-5-3-2-4-6-14)19-17(21)16(18)11-13-7-9-15(20)10-8-13/h7-10,12,14,16,20H,2-6,11,18H2,1H3,(H,19,21)/t12-,16+/m0/s1. The van der Waals surface area contributed by atoms with Gasteiger partial charge in [-0.25, -0.2) is 0 Å². The lowest BCUT2D eigenvalue weighted by molar-refractivity contribution is -0.123. The van der Waals surface area contributed by atoms with E-state index in [0.29, 0.717) is 12.3 Å².